The molecular weight excluding hydrogens is 315 g/mol. The second-order valence-electron chi connectivity index (χ2n) is 4.09. The number of benzene rings is 1. The van der Waals surface area contributed by atoms with Gasteiger partial charge in [0, 0.05) is 6.07 Å². The number of aryl methyl sites for hydroxylation is 1. The second kappa shape index (κ2) is 6.48. The third-order valence-corrected chi connectivity index (χ3v) is 3.58. The van der Waals surface area contributed by atoms with E-state index < -0.39 is 16.7 Å². The maximum absolute atomic E-state index is 13.6. The molecule has 0 aliphatic rings. The van der Waals surface area contributed by atoms with Crippen molar-refractivity contribution in [2.75, 3.05) is 6.61 Å². The highest BCUT2D eigenvalue weighted by molar-refractivity contribution is 7.15. The first-order valence-electron chi connectivity index (χ1n) is 6.18. The number of carbonyl (C=O) groups is 1. The van der Waals surface area contributed by atoms with Crippen LogP contribution < -0.4 is 4.74 Å². The van der Waals surface area contributed by atoms with Gasteiger partial charge in [0.15, 0.2) is 11.6 Å². The van der Waals surface area contributed by atoms with Crippen LogP contribution in [-0.4, -0.2) is 22.5 Å². The van der Waals surface area contributed by atoms with E-state index >= 15 is 0 Å². The molecule has 0 amide bonds. The number of esters is 1. The fourth-order valence-corrected chi connectivity index (χ4v) is 2.40. The molecule has 0 spiro atoms. The normalized spacial score (nSPS) is 10.3. The minimum absolute atomic E-state index is 0.0000454. The van der Waals surface area contributed by atoms with Gasteiger partial charge in [0.1, 0.15) is 4.88 Å². The quantitative estimate of drug-likeness (QED) is 0.474. The van der Waals surface area contributed by atoms with E-state index in [4.69, 9.17) is 9.47 Å². The number of thiazole rings is 1. The van der Waals surface area contributed by atoms with Crippen LogP contribution in [0.1, 0.15) is 22.3 Å². The van der Waals surface area contributed by atoms with E-state index in [1.807, 2.05) is 0 Å². The molecule has 0 saturated heterocycles. The summed E-state index contributed by atoms with van der Waals surface area (Å²) in [5.41, 5.74) is 0.0691. The van der Waals surface area contributed by atoms with Crippen LogP contribution in [0.2, 0.25) is 0 Å². The molecular formula is C13H11FN2O5S. The first kappa shape index (κ1) is 15.8. The van der Waals surface area contributed by atoms with Crippen molar-refractivity contribution in [1.82, 2.24) is 4.98 Å². The molecule has 0 unspecified atom stereocenters. The van der Waals surface area contributed by atoms with Gasteiger partial charge >= 0.3 is 5.97 Å². The Morgan fingerprint density at radius 2 is 2.23 bits per heavy atom. The molecule has 9 heteroatoms. The lowest BCUT2D eigenvalue weighted by Gasteiger charge is -2.02. The zero-order valence-corrected chi connectivity index (χ0v) is 12.5. The zero-order valence-electron chi connectivity index (χ0n) is 11.7. The summed E-state index contributed by atoms with van der Waals surface area (Å²) >= 11 is 0.881. The standard InChI is InChI=1S/C13H11FN2O5S/c1-3-20-12(17)11-7(2)15-13(22-11)21-10-6-8(16(18)19)4-5-9(10)14/h4-6H,3H2,1-2H3. The minimum atomic E-state index is -0.767. The van der Waals surface area contributed by atoms with Gasteiger partial charge in [-0.1, -0.05) is 11.3 Å². The van der Waals surface area contributed by atoms with Crippen molar-refractivity contribution in [3.05, 3.63) is 44.7 Å². The molecule has 1 aromatic carbocycles. The summed E-state index contributed by atoms with van der Waals surface area (Å²) in [5.74, 6) is -1.65. The van der Waals surface area contributed by atoms with Crippen LogP contribution in [-0.2, 0) is 4.74 Å². The third-order valence-electron chi connectivity index (χ3n) is 2.56. The largest absolute Gasteiger partial charge is 0.462 e. The van der Waals surface area contributed by atoms with Gasteiger partial charge in [-0.3, -0.25) is 10.1 Å². The maximum atomic E-state index is 13.6. The molecule has 0 aliphatic carbocycles. The summed E-state index contributed by atoms with van der Waals surface area (Å²) in [5, 5.41) is 10.7. The average molecular weight is 326 g/mol. The molecule has 0 saturated carbocycles. The van der Waals surface area contributed by atoms with Crippen LogP contribution in [0.15, 0.2) is 18.2 Å². The lowest BCUT2D eigenvalue weighted by molar-refractivity contribution is -0.385. The van der Waals surface area contributed by atoms with Gasteiger partial charge < -0.3 is 9.47 Å². The summed E-state index contributed by atoms with van der Waals surface area (Å²) in [7, 11) is 0. The van der Waals surface area contributed by atoms with Crippen molar-refractivity contribution >= 4 is 23.0 Å². The number of halogens is 1. The van der Waals surface area contributed by atoms with Gasteiger partial charge in [-0.25, -0.2) is 14.2 Å². The SMILES string of the molecule is CCOC(=O)c1sc(Oc2cc([N+](=O)[O-])ccc2F)nc1C. The molecule has 7 nitrogen and oxygen atoms in total. The van der Waals surface area contributed by atoms with Crippen molar-refractivity contribution in [2.24, 2.45) is 0 Å². The van der Waals surface area contributed by atoms with Gasteiger partial charge in [-0.2, -0.15) is 0 Å². The monoisotopic (exact) mass is 326 g/mol. The van der Waals surface area contributed by atoms with E-state index in [-0.39, 0.29) is 28.1 Å². The second-order valence-corrected chi connectivity index (χ2v) is 5.05. The highest BCUT2D eigenvalue weighted by atomic mass is 32.1. The number of hydrogen-bond acceptors (Lipinski definition) is 7. The van der Waals surface area contributed by atoms with Gasteiger partial charge in [-0.15, -0.1) is 0 Å². The Balaban J connectivity index is 2.28. The fraction of sp³-hybridized carbons (Fsp3) is 0.231. The van der Waals surface area contributed by atoms with E-state index in [9.17, 15) is 19.3 Å². The smallest absolute Gasteiger partial charge is 0.350 e. The summed E-state index contributed by atoms with van der Waals surface area (Å²) in [4.78, 5) is 25.9. The van der Waals surface area contributed by atoms with Gasteiger partial charge in [0.05, 0.1) is 23.3 Å². The van der Waals surface area contributed by atoms with E-state index in [1.165, 1.54) is 0 Å². The molecule has 116 valence electrons. The van der Waals surface area contributed by atoms with Gasteiger partial charge in [0.2, 0.25) is 0 Å². The van der Waals surface area contributed by atoms with Crippen LogP contribution in [0.4, 0.5) is 10.1 Å². The van der Waals surface area contributed by atoms with Gasteiger partial charge in [-0.05, 0) is 19.9 Å². The van der Waals surface area contributed by atoms with E-state index in [0.29, 0.717) is 5.69 Å². The van der Waals surface area contributed by atoms with Crippen LogP contribution >= 0.6 is 11.3 Å². The molecule has 0 aliphatic heterocycles. The summed E-state index contributed by atoms with van der Waals surface area (Å²) in [6.07, 6.45) is 0. The Morgan fingerprint density at radius 1 is 1.50 bits per heavy atom. The van der Waals surface area contributed by atoms with Crippen LogP contribution in [0.25, 0.3) is 0 Å². The number of aromatic nitrogens is 1. The minimum Gasteiger partial charge on any atom is -0.462 e. The molecule has 22 heavy (non-hydrogen) atoms. The first-order valence-corrected chi connectivity index (χ1v) is 7.00. The first-order chi connectivity index (χ1) is 10.4. The van der Waals surface area contributed by atoms with E-state index in [2.05, 4.69) is 4.98 Å². The molecule has 0 N–H and O–H groups in total. The molecule has 2 aromatic rings. The topological polar surface area (TPSA) is 91.6 Å². The lowest BCUT2D eigenvalue weighted by atomic mass is 10.3. The molecule has 0 bridgehead atoms. The Kier molecular flexibility index (Phi) is 4.66. The molecule has 2 rings (SSSR count). The van der Waals surface area contributed by atoms with Crippen molar-refractivity contribution in [2.45, 2.75) is 13.8 Å². The van der Waals surface area contributed by atoms with Crippen molar-refractivity contribution < 1.29 is 23.6 Å². The molecule has 0 radical (unpaired) electrons. The van der Waals surface area contributed by atoms with E-state index in [1.54, 1.807) is 13.8 Å². The summed E-state index contributed by atoms with van der Waals surface area (Å²) in [6.45, 7) is 3.47. The molecule has 0 fully saturated rings. The number of hydrogen-bond donors (Lipinski definition) is 0. The highest BCUT2D eigenvalue weighted by Gasteiger charge is 2.19. The Morgan fingerprint density at radius 3 is 2.86 bits per heavy atom. The van der Waals surface area contributed by atoms with Crippen LogP contribution in [0, 0.1) is 22.9 Å². The van der Waals surface area contributed by atoms with Crippen molar-refractivity contribution in [3.8, 4) is 10.9 Å². The van der Waals surface area contributed by atoms with Crippen LogP contribution in [0.5, 0.6) is 10.9 Å². The predicted octanol–water partition coefficient (Wildman–Crippen LogP) is 3.47. The Hall–Kier alpha value is -2.55. The van der Waals surface area contributed by atoms with Crippen LogP contribution in [0.3, 0.4) is 0 Å². The number of ether oxygens (including phenoxy) is 2. The summed E-state index contributed by atoms with van der Waals surface area (Å²) < 4.78 is 23.7. The fourth-order valence-electron chi connectivity index (χ4n) is 1.58. The third kappa shape index (κ3) is 3.37. The number of nitrogens with zero attached hydrogens (tertiary/aromatic N) is 2. The Bertz CT molecular complexity index is 731. The number of nitro benzene ring substituents is 1. The maximum Gasteiger partial charge on any atom is 0.350 e. The number of nitro groups is 1. The molecule has 0 atom stereocenters. The zero-order chi connectivity index (χ0) is 16.3. The molecule has 1 heterocycles. The van der Waals surface area contributed by atoms with E-state index in [0.717, 1.165) is 29.5 Å². The Labute approximate surface area is 128 Å². The van der Waals surface area contributed by atoms with Crippen molar-refractivity contribution in [1.29, 1.82) is 0 Å². The highest BCUT2D eigenvalue weighted by Crippen LogP contribution is 2.32. The summed E-state index contributed by atoms with van der Waals surface area (Å²) in [6, 6.07) is 2.91. The van der Waals surface area contributed by atoms with Crippen molar-refractivity contribution in [3.63, 3.8) is 0 Å². The number of rotatable bonds is 5. The average Bonchev–Trinajstić information content (AvgIpc) is 2.82. The van der Waals surface area contributed by atoms with Gasteiger partial charge in [0.25, 0.3) is 10.9 Å². The number of carbonyl (C=O) groups excluding carboxylic acids is 1. The lowest BCUT2D eigenvalue weighted by Crippen LogP contribution is -2.03. The predicted molar refractivity (Wildman–Crippen MR) is 75.9 cm³/mol. The molecule has 1 aromatic heterocycles. The number of non-ortho nitro benzene ring substituents is 1.